The number of benzene rings is 2. The van der Waals surface area contributed by atoms with Crippen LogP contribution < -0.4 is 14.5 Å². The average molecular weight is 563 g/mol. The van der Waals surface area contributed by atoms with E-state index < -0.39 is 0 Å². The number of carbonyl (C=O) groups is 3. The van der Waals surface area contributed by atoms with E-state index in [2.05, 4.69) is 12.2 Å². The molecule has 2 aromatic carbocycles. The van der Waals surface area contributed by atoms with E-state index in [1.165, 1.54) is 0 Å². The van der Waals surface area contributed by atoms with Crippen molar-refractivity contribution in [3.8, 4) is 5.75 Å². The number of allylic oxidation sites excluding steroid dienone is 1. The van der Waals surface area contributed by atoms with E-state index in [1.807, 2.05) is 73.5 Å². The van der Waals surface area contributed by atoms with E-state index in [4.69, 9.17) is 4.74 Å². The number of methoxy groups -OCH3 is 1. The fraction of sp³-hybridized carbons (Fsp3) is 0.500. The first-order chi connectivity index (χ1) is 19.8. The molecule has 1 heterocycles. The molecule has 2 aromatic rings. The lowest BCUT2D eigenvalue weighted by atomic mass is 10.1. The SMILES string of the molecule is CCCCN(C)C(=O)CCCCCCCNC(=O)C[N+]1(C(=O)CCc2ccccc2)C(C)=Cc2cc(OC)ccc21. The van der Waals surface area contributed by atoms with Gasteiger partial charge in [-0.2, -0.15) is 4.48 Å². The summed E-state index contributed by atoms with van der Waals surface area (Å²) in [7, 11) is 3.51. The fourth-order valence-electron chi connectivity index (χ4n) is 5.51. The molecule has 7 nitrogen and oxygen atoms in total. The number of ether oxygens (including phenoxy) is 1. The van der Waals surface area contributed by atoms with Crippen LogP contribution >= 0.6 is 0 Å². The predicted molar refractivity (Wildman–Crippen MR) is 166 cm³/mol. The standard InChI is InChI=1S/C34H47N3O4/c1-5-6-23-36(3)33(39)17-13-8-7-9-14-22-35-32(38)26-37(34(40)21-18-28-15-11-10-12-16-28)27(2)24-29-25-30(41-4)19-20-31(29)37/h10-12,15-16,19-20,24-25H,5-9,13-14,17-18,21-23,26H2,1-4H3/p+1. The predicted octanol–water partition coefficient (Wildman–Crippen LogP) is 6.25. The lowest BCUT2D eigenvalue weighted by Gasteiger charge is -2.32. The summed E-state index contributed by atoms with van der Waals surface area (Å²) in [5.74, 6) is 0.834. The molecule has 1 atom stereocenters. The minimum atomic E-state index is -0.129. The number of hydrogen-bond acceptors (Lipinski definition) is 4. The summed E-state index contributed by atoms with van der Waals surface area (Å²) in [4.78, 5) is 41.2. The fourth-order valence-corrected chi connectivity index (χ4v) is 5.51. The van der Waals surface area contributed by atoms with E-state index in [-0.39, 0.29) is 28.7 Å². The molecule has 0 saturated heterocycles. The minimum Gasteiger partial charge on any atom is -0.497 e. The molecule has 0 aliphatic carbocycles. The van der Waals surface area contributed by atoms with Crippen LogP contribution in [0.25, 0.3) is 6.08 Å². The number of fused-ring (bicyclic) bond motifs is 1. The van der Waals surface area contributed by atoms with Gasteiger partial charge in [0, 0.05) is 51.2 Å². The van der Waals surface area contributed by atoms with Crippen molar-refractivity contribution in [3.63, 3.8) is 0 Å². The Morgan fingerprint density at radius 1 is 0.927 bits per heavy atom. The van der Waals surface area contributed by atoms with E-state index in [9.17, 15) is 14.4 Å². The second-order valence-corrected chi connectivity index (χ2v) is 11.1. The van der Waals surface area contributed by atoms with Crippen molar-refractivity contribution in [2.45, 2.75) is 78.1 Å². The molecule has 0 radical (unpaired) electrons. The largest absolute Gasteiger partial charge is 0.497 e. The monoisotopic (exact) mass is 562 g/mol. The molecule has 1 aliphatic heterocycles. The molecule has 0 saturated carbocycles. The first-order valence-electron chi connectivity index (χ1n) is 15.1. The third-order valence-electron chi connectivity index (χ3n) is 8.05. The number of hydrogen-bond donors (Lipinski definition) is 1. The van der Waals surface area contributed by atoms with Crippen molar-refractivity contribution >= 4 is 29.5 Å². The van der Waals surface area contributed by atoms with E-state index in [0.717, 1.165) is 79.8 Å². The number of quaternary nitrogens is 1. The molecule has 1 unspecified atom stereocenters. The Morgan fingerprint density at radius 2 is 1.66 bits per heavy atom. The number of amides is 3. The number of nitrogens with one attached hydrogen (secondary N) is 1. The third kappa shape index (κ3) is 8.77. The van der Waals surface area contributed by atoms with Crippen molar-refractivity contribution in [1.29, 1.82) is 0 Å². The van der Waals surface area contributed by atoms with Gasteiger partial charge in [0.25, 0.3) is 5.91 Å². The van der Waals surface area contributed by atoms with Gasteiger partial charge in [-0.15, -0.1) is 0 Å². The Morgan fingerprint density at radius 3 is 2.39 bits per heavy atom. The first-order valence-corrected chi connectivity index (χ1v) is 15.1. The lowest BCUT2D eigenvalue weighted by molar-refractivity contribution is -0.133. The smallest absolute Gasteiger partial charge is 0.324 e. The molecular weight excluding hydrogens is 514 g/mol. The highest BCUT2D eigenvalue weighted by molar-refractivity contribution is 6.01. The zero-order valence-electron chi connectivity index (χ0n) is 25.4. The van der Waals surface area contributed by atoms with Crippen molar-refractivity contribution in [3.05, 3.63) is 65.4 Å². The van der Waals surface area contributed by atoms with Gasteiger partial charge in [-0.25, -0.2) is 4.79 Å². The summed E-state index contributed by atoms with van der Waals surface area (Å²) < 4.78 is 5.32. The van der Waals surface area contributed by atoms with Crippen molar-refractivity contribution in [1.82, 2.24) is 14.7 Å². The highest BCUT2D eigenvalue weighted by Crippen LogP contribution is 2.42. The normalized spacial score (nSPS) is 15.7. The molecule has 41 heavy (non-hydrogen) atoms. The summed E-state index contributed by atoms with van der Waals surface area (Å²) in [5.41, 5.74) is 3.69. The van der Waals surface area contributed by atoms with Crippen LogP contribution in [0.5, 0.6) is 5.75 Å². The summed E-state index contributed by atoms with van der Waals surface area (Å²) >= 11 is 0. The van der Waals surface area contributed by atoms with Gasteiger partial charge in [0.2, 0.25) is 5.91 Å². The highest BCUT2D eigenvalue weighted by Gasteiger charge is 2.47. The van der Waals surface area contributed by atoms with Crippen molar-refractivity contribution in [2.24, 2.45) is 0 Å². The molecule has 0 bridgehead atoms. The van der Waals surface area contributed by atoms with Crippen LogP contribution in [0, 0.1) is 0 Å². The maximum absolute atomic E-state index is 13.9. The Hall–Kier alpha value is -3.45. The molecule has 0 spiro atoms. The Labute approximate surface area is 246 Å². The zero-order valence-corrected chi connectivity index (χ0v) is 25.4. The van der Waals surface area contributed by atoms with Gasteiger partial charge in [-0.1, -0.05) is 62.9 Å². The van der Waals surface area contributed by atoms with Crippen LogP contribution in [0.1, 0.15) is 82.8 Å². The van der Waals surface area contributed by atoms with Crippen LogP contribution in [0.15, 0.2) is 54.2 Å². The number of carbonyl (C=O) groups excluding carboxylic acids is 3. The number of rotatable bonds is 17. The molecule has 3 rings (SSSR count). The summed E-state index contributed by atoms with van der Waals surface area (Å²) in [6.45, 7) is 5.53. The zero-order chi connectivity index (χ0) is 29.7. The molecule has 7 heteroatoms. The summed E-state index contributed by atoms with van der Waals surface area (Å²) in [6.07, 6.45) is 10.5. The highest BCUT2D eigenvalue weighted by atomic mass is 16.5. The van der Waals surface area contributed by atoms with Gasteiger partial charge in [0.1, 0.15) is 11.4 Å². The average Bonchev–Trinajstić information content (AvgIpc) is 3.26. The second-order valence-electron chi connectivity index (χ2n) is 11.1. The van der Waals surface area contributed by atoms with Crippen LogP contribution in [0.3, 0.4) is 0 Å². The van der Waals surface area contributed by atoms with E-state index >= 15 is 0 Å². The minimum absolute atomic E-state index is 0.0107. The van der Waals surface area contributed by atoms with Gasteiger partial charge >= 0.3 is 5.91 Å². The van der Waals surface area contributed by atoms with Crippen LogP contribution in [0.2, 0.25) is 0 Å². The Bertz CT molecular complexity index is 1190. The van der Waals surface area contributed by atoms with Gasteiger partial charge < -0.3 is 15.0 Å². The van der Waals surface area contributed by atoms with Crippen molar-refractivity contribution in [2.75, 3.05) is 33.8 Å². The molecule has 1 aliphatic rings. The second kappa shape index (κ2) is 16.1. The van der Waals surface area contributed by atoms with Gasteiger partial charge in [0.05, 0.1) is 13.5 Å². The summed E-state index contributed by atoms with van der Waals surface area (Å²) in [6, 6.07) is 15.7. The topological polar surface area (TPSA) is 75.7 Å². The van der Waals surface area contributed by atoms with Gasteiger partial charge in [-0.05, 0) is 43.4 Å². The number of unbranched alkanes of at least 4 members (excludes halogenated alkanes) is 5. The van der Waals surface area contributed by atoms with Crippen LogP contribution in [0.4, 0.5) is 5.69 Å². The lowest BCUT2D eigenvalue weighted by Crippen LogP contribution is -2.56. The molecular formula is C34H48N3O4+. The van der Waals surface area contributed by atoms with Gasteiger partial charge in [0.15, 0.2) is 12.2 Å². The molecule has 3 amide bonds. The molecule has 1 N–H and O–H groups in total. The number of aryl methyl sites for hydroxylation is 1. The summed E-state index contributed by atoms with van der Waals surface area (Å²) in [5, 5.41) is 3.06. The molecule has 0 fully saturated rings. The quantitative estimate of drug-likeness (QED) is 0.183. The van der Waals surface area contributed by atoms with Crippen molar-refractivity contribution < 1.29 is 19.1 Å². The Kier molecular flexibility index (Phi) is 12.6. The van der Waals surface area contributed by atoms with Crippen LogP contribution in [-0.4, -0.2) is 56.4 Å². The maximum atomic E-state index is 13.9. The molecule has 222 valence electrons. The van der Waals surface area contributed by atoms with Crippen LogP contribution in [-0.2, 0) is 20.8 Å². The molecule has 0 aromatic heterocycles. The Balaban J connectivity index is 1.52. The number of nitrogens with zero attached hydrogens (tertiary/aromatic N) is 2. The van der Waals surface area contributed by atoms with E-state index in [1.54, 1.807) is 7.11 Å². The third-order valence-corrected chi connectivity index (χ3v) is 8.05. The first kappa shape index (κ1) is 32.1. The van der Waals surface area contributed by atoms with Gasteiger partial charge in [-0.3, -0.25) is 9.59 Å². The maximum Gasteiger partial charge on any atom is 0.324 e. The van der Waals surface area contributed by atoms with E-state index in [0.29, 0.717) is 25.8 Å².